The van der Waals surface area contributed by atoms with Crippen LogP contribution >= 0.6 is 11.3 Å². The Hall–Kier alpha value is -2.71. The van der Waals surface area contributed by atoms with E-state index in [0.29, 0.717) is 23.7 Å². The van der Waals surface area contributed by atoms with Gasteiger partial charge in [0.15, 0.2) is 4.96 Å². The van der Waals surface area contributed by atoms with E-state index < -0.39 is 5.91 Å². The van der Waals surface area contributed by atoms with Crippen molar-refractivity contribution in [2.75, 3.05) is 13.2 Å². The molecule has 1 saturated heterocycles. The highest BCUT2D eigenvalue weighted by molar-refractivity contribution is 7.15. The molecule has 0 bridgehead atoms. The third-order valence-electron chi connectivity index (χ3n) is 4.66. The van der Waals surface area contributed by atoms with Crippen molar-refractivity contribution in [2.24, 2.45) is 0 Å². The maximum atomic E-state index is 13.2. The van der Waals surface area contributed by atoms with Crippen LogP contribution < -0.4 is 5.56 Å². The quantitative estimate of drug-likeness (QED) is 0.728. The number of aromatic hydroxyl groups is 1. The Balaban J connectivity index is 1.67. The lowest BCUT2D eigenvalue weighted by Crippen LogP contribution is -2.39. The van der Waals surface area contributed by atoms with Gasteiger partial charge in [-0.15, -0.1) is 11.3 Å². The van der Waals surface area contributed by atoms with Crippen molar-refractivity contribution >= 4 is 22.2 Å². The molecule has 7 nitrogen and oxygen atoms in total. The number of aromatic nitrogens is 2. The van der Waals surface area contributed by atoms with Crippen LogP contribution in [0, 0.1) is 0 Å². The Kier molecular flexibility index (Phi) is 4.91. The molecule has 1 aliphatic rings. The van der Waals surface area contributed by atoms with Gasteiger partial charge in [-0.3, -0.25) is 14.0 Å². The minimum absolute atomic E-state index is 0.0133. The van der Waals surface area contributed by atoms with Crippen LogP contribution in [0.2, 0.25) is 0 Å². The number of hydrogen-bond donors (Lipinski definition) is 1. The monoisotopic (exact) mass is 385 g/mol. The molecule has 4 rings (SSSR count). The minimum atomic E-state index is -0.410. The zero-order valence-electron chi connectivity index (χ0n) is 14.6. The van der Waals surface area contributed by atoms with Crippen LogP contribution in [0.3, 0.4) is 0 Å². The first-order valence-electron chi connectivity index (χ1n) is 8.76. The first-order chi connectivity index (χ1) is 13.1. The van der Waals surface area contributed by atoms with E-state index in [9.17, 15) is 14.7 Å². The third-order valence-corrected chi connectivity index (χ3v) is 5.43. The number of thiazole rings is 1. The number of phenols is 1. The van der Waals surface area contributed by atoms with Gasteiger partial charge < -0.3 is 14.7 Å². The number of para-hydroxylation sites is 1. The summed E-state index contributed by atoms with van der Waals surface area (Å²) in [4.78, 5) is 32.2. The van der Waals surface area contributed by atoms with E-state index in [-0.39, 0.29) is 29.5 Å². The van der Waals surface area contributed by atoms with E-state index in [4.69, 9.17) is 4.74 Å². The van der Waals surface area contributed by atoms with Crippen molar-refractivity contribution < 1.29 is 14.6 Å². The molecule has 2 aromatic heterocycles. The lowest BCUT2D eigenvalue weighted by Gasteiger charge is -2.25. The highest BCUT2D eigenvalue weighted by Crippen LogP contribution is 2.21. The minimum Gasteiger partial charge on any atom is -0.508 e. The summed E-state index contributed by atoms with van der Waals surface area (Å²) in [5.74, 6) is -0.294. The maximum absolute atomic E-state index is 13.2. The second-order valence-corrected chi connectivity index (χ2v) is 7.36. The van der Waals surface area contributed by atoms with E-state index in [0.717, 1.165) is 12.8 Å². The van der Waals surface area contributed by atoms with E-state index in [1.807, 2.05) is 0 Å². The van der Waals surface area contributed by atoms with Gasteiger partial charge in [-0.25, -0.2) is 4.98 Å². The van der Waals surface area contributed by atoms with Crippen molar-refractivity contribution in [1.82, 2.24) is 14.3 Å². The van der Waals surface area contributed by atoms with Crippen molar-refractivity contribution in [2.45, 2.75) is 25.5 Å². The Morgan fingerprint density at radius 2 is 2.26 bits per heavy atom. The van der Waals surface area contributed by atoms with E-state index in [1.165, 1.54) is 21.9 Å². The highest BCUT2D eigenvalue weighted by Gasteiger charge is 2.26. The maximum Gasteiger partial charge on any atom is 0.271 e. The fourth-order valence-electron chi connectivity index (χ4n) is 3.25. The lowest BCUT2D eigenvalue weighted by molar-refractivity contribution is 0.0504. The lowest BCUT2D eigenvalue weighted by atomic mass is 10.1. The van der Waals surface area contributed by atoms with Crippen molar-refractivity contribution in [3.8, 4) is 5.75 Å². The van der Waals surface area contributed by atoms with Gasteiger partial charge in [0.1, 0.15) is 11.3 Å². The van der Waals surface area contributed by atoms with Gasteiger partial charge in [-0.1, -0.05) is 18.2 Å². The molecule has 1 fully saturated rings. The summed E-state index contributed by atoms with van der Waals surface area (Å²) in [6.07, 6.45) is 4.70. The normalized spacial score (nSPS) is 16.7. The number of amides is 1. The zero-order valence-corrected chi connectivity index (χ0v) is 15.4. The number of hydrogen-bond acceptors (Lipinski definition) is 6. The molecular weight excluding hydrogens is 366 g/mol. The summed E-state index contributed by atoms with van der Waals surface area (Å²) in [5, 5.41) is 11.8. The molecule has 0 radical (unpaired) electrons. The molecule has 0 spiro atoms. The van der Waals surface area contributed by atoms with E-state index in [2.05, 4.69) is 4.98 Å². The van der Waals surface area contributed by atoms with Crippen molar-refractivity contribution in [3.05, 3.63) is 63.5 Å². The molecule has 1 atom stereocenters. The van der Waals surface area contributed by atoms with Crippen LogP contribution in [0.1, 0.15) is 28.8 Å². The van der Waals surface area contributed by atoms with Crippen LogP contribution in [0.15, 0.2) is 46.8 Å². The molecule has 1 aromatic carbocycles. The van der Waals surface area contributed by atoms with Gasteiger partial charge in [0, 0.05) is 43.0 Å². The fourth-order valence-corrected chi connectivity index (χ4v) is 3.92. The molecule has 27 heavy (non-hydrogen) atoms. The number of rotatable bonds is 5. The first-order valence-corrected chi connectivity index (χ1v) is 9.64. The van der Waals surface area contributed by atoms with Gasteiger partial charge in [-0.05, 0) is 18.9 Å². The van der Waals surface area contributed by atoms with Crippen LogP contribution in [0.4, 0.5) is 0 Å². The van der Waals surface area contributed by atoms with Crippen molar-refractivity contribution in [3.63, 3.8) is 0 Å². The summed E-state index contributed by atoms with van der Waals surface area (Å²) in [6.45, 7) is 1.23. The zero-order chi connectivity index (χ0) is 18.8. The number of carbonyl (C=O) groups excluding carboxylic acids is 1. The first kappa shape index (κ1) is 17.7. The molecule has 3 heterocycles. The standard InChI is InChI=1S/C19H19N3O4S/c23-16-6-2-1-4-13(16)11-21(12-14-5-3-8-26-14)17(24)15-10-20-19-22(18(15)25)7-9-27-19/h1-2,4,6-7,9-10,14,23H,3,5,8,11-12H2. The third kappa shape index (κ3) is 3.58. The number of ether oxygens (including phenoxy) is 1. The Morgan fingerprint density at radius 3 is 3.04 bits per heavy atom. The van der Waals surface area contributed by atoms with Crippen LogP contribution in [-0.4, -0.2) is 44.6 Å². The van der Waals surface area contributed by atoms with Gasteiger partial charge in [0.05, 0.1) is 6.10 Å². The second kappa shape index (κ2) is 7.50. The number of fused-ring (bicyclic) bond motifs is 1. The predicted octanol–water partition coefficient (Wildman–Crippen LogP) is 2.28. The SMILES string of the molecule is O=C(c1cnc2sccn2c1=O)N(Cc1ccccc1O)CC1CCCO1. The highest BCUT2D eigenvalue weighted by atomic mass is 32.1. The summed E-state index contributed by atoms with van der Waals surface area (Å²) >= 11 is 1.33. The molecule has 8 heteroatoms. The average Bonchev–Trinajstić information content (AvgIpc) is 3.34. The molecule has 1 unspecified atom stereocenters. The summed E-state index contributed by atoms with van der Waals surface area (Å²) < 4.78 is 7.05. The smallest absolute Gasteiger partial charge is 0.271 e. The van der Waals surface area contributed by atoms with Gasteiger partial charge in [0.2, 0.25) is 0 Å². The van der Waals surface area contributed by atoms with Gasteiger partial charge in [-0.2, -0.15) is 0 Å². The van der Waals surface area contributed by atoms with E-state index in [1.54, 1.807) is 40.7 Å². The molecule has 0 aliphatic carbocycles. The molecule has 1 aliphatic heterocycles. The van der Waals surface area contributed by atoms with Crippen molar-refractivity contribution in [1.29, 1.82) is 0 Å². The molecule has 1 amide bonds. The summed E-state index contributed by atoms with van der Waals surface area (Å²) in [5.41, 5.74) is 0.244. The molecular formula is C19H19N3O4S. The van der Waals surface area contributed by atoms with Gasteiger partial charge >= 0.3 is 0 Å². The number of phenolic OH excluding ortho intramolecular Hbond substituents is 1. The second-order valence-electron chi connectivity index (χ2n) is 6.48. The molecule has 140 valence electrons. The van der Waals surface area contributed by atoms with E-state index >= 15 is 0 Å². The molecule has 3 aromatic rings. The Morgan fingerprint density at radius 1 is 1.41 bits per heavy atom. The summed E-state index contributed by atoms with van der Waals surface area (Å²) in [7, 11) is 0. The predicted molar refractivity (Wildman–Crippen MR) is 101 cm³/mol. The molecule has 1 N–H and O–H groups in total. The largest absolute Gasteiger partial charge is 0.508 e. The topological polar surface area (TPSA) is 84.1 Å². The molecule has 0 saturated carbocycles. The number of nitrogens with zero attached hydrogens (tertiary/aromatic N) is 3. The average molecular weight is 385 g/mol. The van der Waals surface area contributed by atoms with Gasteiger partial charge in [0.25, 0.3) is 11.5 Å². The van der Waals surface area contributed by atoms with Crippen LogP contribution in [-0.2, 0) is 11.3 Å². The fraction of sp³-hybridized carbons (Fsp3) is 0.316. The summed E-state index contributed by atoms with van der Waals surface area (Å²) in [6, 6.07) is 6.87. The Bertz CT molecular complexity index is 1020. The Labute approximate surface area is 159 Å². The van der Waals surface area contributed by atoms with Crippen LogP contribution in [0.25, 0.3) is 4.96 Å². The number of benzene rings is 1. The number of carbonyl (C=O) groups is 1. The van der Waals surface area contributed by atoms with Crippen LogP contribution in [0.5, 0.6) is 5.75 Å².